The van der Waals surface area contributed by atoms with Crippen LogP contribution in [-0.2, 0) is 0 Å². The predicted molar refractivity (Wildman–Crippen MR) is 205 cm³/mol. The van der Waals surface area contributed by atoms with Gasteiger partial charge in [0.05, 0.1) is 5.69 Å². The molecule has 0 amide bonds. The van der Waals surface area contributed by atoms with Gasteiger partial charge in [0.25, 0.3) is 0 Å². The molecule has 0 aliphatic heterocycles. The van der Waals surface area contributed by atoms with Crippen LogP contribution in [0.25, 0.3) is 60.2 Å². The summed E-state index contributed by atoms with van der Waals surface area (Å²) < 4.78 is 0. The SMILES string of the molecule is C=C(/C=C(\C=C(\C)CC)c1cccc2c(-c3c4ccccc4c(C4=CCC(CC)C=C4)c4ccccc34)cccc12)c1ccccn1. The highest BCUT2D eigenvalue weighted by atomic mass is 14.7. The van der Waals surface area contributed by atoms with Gasteiger partial charge >= 0.3 is 0 Å². The molecule has 7 rings (SSSR count). The van der Waals surface area contributed by atoms with Crippen molar-refractivity contribution >= 4 is 49.0 Å². The summed E-state index contributed by atoms with van der Waals surface area (Å²) in [6, 6.07) is 37.4. The van der Waals surface area contributed by atoms with Gasteiger partial charge in [-0.2, -0.15) is 0 Å². The Morgan fingerprint density at radius 2 is 1.36 bits per heavy atom. The summed E-state index contributed by atoms with van der Waals surface area (Å²) in [4.78, 5) is 4.57. The fourth-order valence-electron chi connectivity index (χ4n) is 7.04. The number of fused-ring (bicyclic) bond motifs is 3. The second kappa shape index (κ2) is 13.2. The smallest absolute Gasteiger partial charge is 0.0696 e. The van der Waals surface area contributed by atoms with Gasteiger partial charge < -0.3 is 0 Å². The Hall–Kier alpha value is -5.27. The van der Waals surface area contributed by atoms with E-state index in [4.69, 9.17) is 0 Å². The molecule has 1 aromatic heterocycles. The normalized spacial score (nSPS) is 15.4. The van der Waals surface area contributed by atoms with Crippen molar-refractivity contribution in [2.24, 2.45) is 5.92 Å². The van der Waals surface area contributed by atoms with Crippen LogP contribution in [-0.4, -0.2) is 4.98 Å². The van der Waals surface area contributed by atoms with Crippen LogP contribution >= 0.6 is 0 Å². The zero-order valence-electron chi connectivity index (χ0n) is 27.6. The van der Waals surface area contributed by atoms with E-state index in [0.29, 0.717) is 5.92 Å². The van der Waals surface area contributed by atoms with Crippen molar-refractivity contribution in [3.8, 4) is 11.1 Å². The third-order valence-electron chi connectivity index (χ3n) is 9.72. The van der Waals surface area contributed by atoms with Gasteiger partial charge in [-0.1, -0.05) is 141 Å². The Labute approximate surface area is 279 Å². The van der Waals surface area contributed by atoms with Crippen molar-refractivity contribution in [1.29, 1.82) is 0 Å². The molecule has 0 spiro atoms. The molecule has 0 radical (unpaired) electrons. The first-order valence-electron chi connectivity index (χ1n) is 16.9. The van der Waals surface area contributed by atoms with Crippen molar-refractivity contribution in [2.75, 3.05) is 0 Å². The van der Waals surface area contributed by atoms with Gasteiger partial charge in [0.15, 0.2) is 0 Å². The van der Waals surface area contributed by atoms with Crippen molar-refractivity contribution in [2.45, 2.75) is 40.0 Å². The first-order valence-corrected chi connectivity index (χ1v) is 16.9. The highest BCUT2D eigenvalue weighted by Gasteiger charge is 2.20. The zero-order chi connectivity index (χ0) is 32.3. The third-order valence-corrected chi connectivity index (χ3v) is 9.72. The maximum atomic E-state index is 4.57. The molecule has 230 valence electrons. The van der Waals surface area contributed by atoms with Crippen LogP contribution < -0.4 is 0 Å². The Kier molecular flexibility index (Phi) is 8.55. The molecule has 1 nitrogen and oxygen atoms in total. The van der Waals surface area contributed by atoms with E-state index in [2.05, 4.69) is 148 Å². The van der Waals surface area contributed by atoms with Crippen molar-refractivity contribution in [1.82, 2.24) is 4.98 Å². The van der Waals surface area contributed by atoms with Crippen molar-refractivity contribution in [3.63, 3.8) is 0 Å². The van der Waals surface area contributed by atoms with E-state index in [-0.39, 0.29) is 0 Å². The Balaban J connectivity index is 1.48. The molecule has 0 N–H and O–H groups in total. The molecule has 6 aromatic rings. The number of benzene rings is 5. The van der Waals surface area contributed by atoms with Crippen LogP contribution in [0, 0.1) is 5.92 Å². The lowest BCUT2D eigenvalue weighted by Crippen LogP contribution is -1.99. The number of pyridine rings is 1. The van der Waals surface area contributed by atoms with Crippen LogP contribution in [0.15, 0.2) is 152 Å². The van der Waals surface area contributed by atoms with Gasteiger partial charge in [-0.05, 0) is 122 Å². The molecular weight excluding hydrogens is 567 g/mol. The quantitative estimate of drug-likeness (QED) is 0.124. The Morgan fingerprint density at radius 3 is 1.98 bits per heavy atom. The molecule has 0 fully saturated rings. The number of hydrogen-bond acceptors (Lipinski definition) is 1. The van der Waals surface area contributed by atoms with Crippen LogP contribution in [0.4, 0.5) is 0 Å². The van der Waals surface area contributed by atoms with E-state index in [1.54, 1.807) is 0 Å². The number of nitrogens with zero attached hydrogens (tertiary/aromatic N) is 1. The first-order chi connectivity index (χ1) is 23.1. The summed E-state index contributed by atoms with van der Waals surface area (Å²) in [7, 11) is 0. The molecule has 1 unspecified atom stereocenters. The molecule has 1 heterocycles. The standard InChI is InChI=1S/C46H41N/c1-5-31(3)29-35(30-32(4)44-23-11-12-28-47-44)36-19-13-21-38-37(36)20-14-22-39(38)46-42-17-9-7-15-40(42)45(41-16-8-10-18-43(41)46)34-26-24-33(6-2)25-27-34/h7-24,26-30,33H,4-6,25H2,1-3H3/b31-29-,35-30+. The fraction of sp³-hybridized carbons (Fsp3) is 0.152. The van der Waals surface area contributed by atoms with Crippen molar-refractivity contribution in [3.05, 3.63) is 169 Å². The van der Waals surface area contributed by atoms with E-state index in [9.17, 15) is 0 Å². The summed E-state index contributed by atoms with van der Waals surface area (Å²) in [6.45, 7) is 11.1. The monoisotopic (exact) mass is 607 g/mol. The van der Waals surface area contributed by atoms with Crippen molar-refractivity contribution < 1.29 is 0 Å². The number of aromatic nitrogens is 1. The molecule has 0 saturated heterocycles. The van der Waals surface area contributed by atoms with Gasteiger partial charge in [-0.25, -0.2) is 0 Å². The van der Waals surface area contributed by atoms with Gasteiger partial charge in [0.1, 0.15) is 0 Å². The number of rotatable bonds is 8. The largest absolute Gasteiger partial charge is 0.256 e. The fourth-order valence-corrected chi connectivity index (χ4v) is 7.04. The van der Waals surface area contributed by atoms with E-state index < -0.39 is 0 Å². The third kappa shape index (κ3) is 5.79. The predicted octanol–water partition coefficient (Wildman–Crippen LogP) is 13.0. The van der Waals surface area contributed by atoms with Gasteiger partial charge in [0, 0.05) is 6.20 Å². The lowest BCUT2D eigenvalue weighted by Gasteiger charge is -2.21. The number of allylic oxidation sites excluding steroid dienone is 9. The van der Waals surface area contributed by atoms with Crippen LogP contribution in [0.5, 0.6) is 0 Å². The van der Waals surface area contributed by atoms with E-state index in [1.807, 2.05) is 24.4 Å². The summed E-state index contributed by atoms with van der Waals surface area (Å²) in [5, 5.41) is 7.64. The molecular formula is C46H41N. The molecule has 1 aliphatic carbocycles. The topological polar surface area (TPSA) is 12.9 Å². The van der Waals surface area contributed by atoms with E-state index in [0.717, 1.165) is 29.7 Å². The minimum Gasteiger partial charge on any atom is -0.256 e. The minimum absolute atomic E-state index is 0.622. The lowest BCUT2D eigenvalue weighted by atomic mass is 9.82. The zero-order valence-corrected chi connectivity index (χ0v) is 27.6. The van der Waals surface area contributed by atoms with Gasteiger partial charge in [-0.15, -0.1) is 0 Å². The molecule has 0 bridgehead atoms. The molecule has 1 heteroatoms. The summed E-state index contributed by atoms with van der Waals surface area (Å²) in [5.41, 5.74) is 10.7. The van der Waals surface area contributed by atoms with Crippen LogP contribution in [0.1, 0.15) is 56.9 Å². The summed E-state index contributed by atoms with van der Waals surface area (Å²) in [6.07, 6.45) is 16.8. The molecule has 0 saturated carbocycles. The Morgan fingerprint density at radius 1 is 0.723 bits per heavy atom. The van der Waals surface area contributed by atoms with Crippen LogP contribution in [0.2, 0.25) is 0 Å². The first kappa shape index (κ1) is 30.4. The van der Waals surface area contributed by atoms with Gasteiger partial charge in [-0.3, -0.25) is 4.98 Å². The average Bonchev–Trinajstić information content (AvgIpc) is 3.13. The second-order valence-electron chi connectivity index (χ2n) is 12.7. The Bertz CT molecular complexity index is 2200. The highest BCUT2D eigenvalue weighted by Crippen LogP contribution is 2.45. The minimum atomic E-state index is 0.622. The maximum absolute atomic E-state index is 4.57. The molecule has 1 atom stereocenters. The molecule has 5 aromatic carbocycles. The number of hydrogen-bond donors (Lipinski definition) is 0. The van der Waals surface area contributed by atoms with Crippen LogP contribution in [0.3, 0.4) is 0 Å². The highest BCUT2D eigenvalue weighted by molar-refractivity contribution is 6.22. The molecule has 1 aliphatic rings. The van der Waals surface area contributed by atoms with E-state index in [1.165, 1.54) is 72.1 Å². The summed E-state index contributed by atoms with van der Waals surface area (Å²) in [5.74, 6) is 0.622. The lowest BCUT2D eigenvalue weighted by molar-refractivity contribution is 0.634. The van der Waals surface area contributed by atoms with Gasteiger partial charge in [0.2, 0.25) is 0 Å². The van der Waals surface area contributed by atoms with E-state index >= 15 is 0 Å². The average molecular weight is 608 g/mol. The second-order valence-corrected chi connectivity index (χ2v) is 12.7. The summed E-state index contributed by atoms with van der Waals surface area (Å²) >= 11 is 0. The maximum Gasteiger partial charge on any atom is 0.0696 e. The molecule has 47 heavy (non-hydrogen) atoms.